The van der Waals surface area contributed by atoms with Crippen LogP contribution in [0, 0.1) is 12.7 Å². The zero-order chi connectivity index (χ0) is 13.8. The molecule has 2 aromatic rings. The molecule has 1 atom stereocenters. The molecule has 0 saturated heterocycles. The molecule has 3 nitrogen and oxygen atoms in total. The summed E-state index contributed by atoms with van der Waals surface area (Å²) in [6.07, 6.45) is 0. The van der Waals surface area contributed by atoms with Crippen molar-refractivity contribution < 1.29 is 4.39 Å². The van der Waals surface area contributed by atoms with E-state index in [1.54, 1.807) is 12.1 Å². The van der Waals surface area contributed by atoms with Gasteiger partial charge in [-0.1, -0.05) is 12.1 Å². The number of aryl methyl sites for hydroxylation is 2. The molecule has 1 heterocycles. The highest BCUT2D eigenvalue weighted by Gasteiger charge is 2.08. The summed E-state index contributed by atoms with van der Waals surface area (Å²) in [4.78, 5) is 0. The summed E-state index contributed by atoms with van der Waals surface area (Å²) in [5.74, 6) is -0.194. The molecular formula is C15H20FN3. The van der Waals surface area contributed by atoms with Crippen molar-refractivity contribution in [2.75, 3.05) is 0 Å². The number of nitrogens with one attached hydrogen (secondary N) is 1. The Kier molecular flexibility index (Phi) is 4.32. The Bertz CT molecular complexity index is 548. The Morgan fingerprint density at radius 2 is 2.16 bits per heavy atom. The molecule has 0 unspecified atom stereocenters. The van der Waals surface area contributed by atoms with Crippen LogP contribution < -0.4 is 5.32 Å². The largest absolute Gasteiger partial charge is 0.305 e. The van der Waals surface area contributed by atoms with Gasteiger partial charge < -0.3 is 5.32 Å². The third-order valence-electron chi connectivity index (χ3n) is 3.22. The van der Waals surface area contributed by atoms with E-state index in [0.717, 1.165) is 30.0 Å². The predicted molar refractivity (Wildman–Crippen MR) is 74.3 cm³/mol. The third-order valence-corrected chi connectivity index (χ3v) is 3.22. The summed E-state index contributed by atoms with van der Waals surface area (Å²) < 4.78 is 15.2. The maximum atomic E-state index is 13.2. The van der Waals surface area contributed by atoms with Crippen LogP contribution in [0.15, 0.2) is 30.3 Å². The fraction of sp³-hybridized carbons (Fsp3) is 0.400. The molecular weight excluding hydrogens is 241 g/mol. The normalized spacial score (nSPS) is 12.6. The minimum Gasteiger partial charge on any atom is -0.305 e. The molecule has 0 fully saturated rings. The zero-order valence-electron chi connectivity index (χ0n) is 11.7. The smallest absolute Gasteiger partial charge is 0.123 e. The summed E-state index contributed by atoms with van der Waals surface area (Å²) in [6, 6.07) is 8.89. The summed E-state index contributed by atoms with van der Waals surface area (Å²) in [6.45, 7) is 7.69. The average Bonchev–Trinajstić information content (AvgIpc) is 2.76. The first-order chi connectivity index (χ1) is 9.10. The molecule has 2 rings (SSSR count). The second-order valence-corrected chi connectivity index (χ2v) is 4.75. The van der Waals surface area contributed by atoms with Crippen LogP contribution >= 0.6 is 0 Å². The number of hydrogen-bond donors (Lipinski definition) is 1. The highest BCUT2D eigenvalue weighted by Crippen LogP contribution is 2.14. The van der Waals surface area contributed by atoms with E-state index in [1.807, 2.05) is 24.6 Å². The van der Waals surface area contributed by atoms with Gasteiger partial charge in [0, 0.05) is 19.1 Å². The first-order valence-corrected chi connectivity index (χ1v) is 6.62. The van der Waals surface area contributed by atoms with Gasteiger partial charge in [-0.2, -0.15) is 5.10 Å². The maximum Gasteiger partial charge on any atom is 0.123 e. The Hall–Kier alpha value is -1.68. The lowest BCUT2D eigenvalue weighted by Crippen LogP contribution is -2.20. The molecule has 102 valence electrons. The Balaban J connectivity index is 2.02. The molecule has 0 saturated carbocycles. The van der Waals surface area contributed by atoms with Crippen LogP contribution in [-0.2, 0) is 13.1 Å². The average molecular weight is 261 g/mol. The van der Waals surface area contributed by atoms with Crippen molar-refractivity contribution in [1.29, 1.82) is 0 Å². The van der Waals surface area contributed by atoms with Crippen molar-refractivity contribution in [2.45, 2.75) is 39.9 Å². The molecule has 0 aliphatic carbocycles. The molecule has 19 heavy (non-hydrogen) atoms. The van der Waals surface area contributed by atoms with E-state index < -0.39 is 0 Å². The van der Waals surface area contributed by atoms with E-state index in [4.69, 9.17) is 0 Å². The van der Waals surface area contributed by atoms with Gasteiger partial charge in [-0.05, 0) is 44.5 Å². The molecule has 1 N–H and O–H groups in total. The van der Waals surface area contributed by atoms with Gasteiger partial charge in [0.1, 0.15) is 5.82 Å². The topological polar surface area (TPSA) is 29.9 Å². The molecule has 0 aliphatic heterocycles. The fourth-order valence-corrected chi connectivity index (χ4v) is 2.17. The van der Waals surface area contributed by atoms with Crippen molar-refractivity contribution in [1.82, 2.24) is 15.1 Å². The first-order valence-electron chi connectivity index (χ1n) is 6.62. The van der Waals surface area contributed by atoms with Crippen LogP contribution in [0.2, 0.25) is 0 Å². The molecule has 1 aromatic carbocycles. The lowest BCUT2D eigenvalue weighted by molar-refractivity contribution is 0.527. The second kappa shape index (κ2) is 5.97. The molecule has 0 spiro atoms. The van der Waals surface area contributed by atoms with Crippen molar-refractivity contribution in [2.24, 2.45) is 0 Å². The molecule has 0 aliphatic rings. The van der Waals surface area contributed by atoms with Gasteiger partial charge in [0.2, 0.25) is 0 Å². The number of benzene rings is 1. The third kappa shape index (κ3) is 3.41. The van der Waals surface area contributed by atoms with Crippen molar-refractivity contribution >= 4 is 0 Å². The molecule has 1 aromatic heterocycles. The van der Waals surface area contributed by atoms with Gasteiger partial charge in [0.25, 0.3) is 0 Å². The molecule has 0 amide bonds. The lowest BCUT2D eigenvalue weighted by Gasteiger charge is -2.14. The van der Waals surface area contributed by atoms with Crippen LogP contribution in [0.5, 0.6) is 0 Å². The van der Waals surface area contributed by atoms with Gasteiger partial charge in [0.05, 0.1) is 11.4 Å². The molecule has 0 radical (unpaired) electrons. The van der Waals surface area contributed by atoms with E-state index in [2.05, 4.69) is 23.4 Å². The predicted octanol–water partition coefficient (Wildman–Crippen LogP) is 3.20. The minimum absolute atomic E-state index is 0.108. The van der Waals surface area contributed by atoms with Crippen LogP contribution in [0.1, 0.15) is 36.8 Å². The number of rotatable bonds is 5. The quantitative estimate of drug-likeness (QED) is 0.895. The molecule has 4 heteroatoms. The Morgan fingerprint density at radius 3 is 2.84 bits per heavy atom. The number of nitrogens with zero attached hydrogens (tertiary/aromatic N) is 2. The fourth-order valence-electron chi connectivity index (χ4n) is 2.17. The SMILES string of the molecule is CCn1nc(C)cc1CN[C@@H](C)c1cccc(F)c1. The van der Waals surface area contributed by atoms with Gasteiger partial charge in [0.15, 0.2) is 0 Å². The number of aromatic nitrogens is 2. The first kappa shape index (κ1) is 13.7. The highest BCUT2D eigenvalue weighted by molar-refractivity contribution is 5.20. The monoisotopic (exact) mass is 261 g/mol. The van der Waals surface area contributed by atoms with Crippen LogP contribution in [0.25, 0.3) is 0 Å². The van der Waals surface area contributed by atoms with E-state index in [1.165, 1.54) is 6.07 Å². The van der Waals surface area contributed by atoms with Crippen molar-refractivity contribution in [3.05, 3.63) is 53.1 Å². The summed E-state index contributed by atoms with van der Waals surface area (Å²) >= 11 is 0. The van der Waals surface area contributed by atoms with Gasteiger partial charge in [-0.15, -0.1) is 0 Å². The molecule has 0 bridgehead atoms. The standard InChI is InChI=1S/C15H20FN3/c1-4-19-15(8-11(2)18-19)10-17-12(3)13-6-5-7-14(16)9-13/h5-9,12,17H,4,10H2,1-3H3/t12-/m0/s1. The Morgan fingerprint density at radius 1 is 1.37 bits per heavy atom. The van der Waals surface area contributed by atoms with Crippen LogP contribution in [0.4, 0.5) is 4.39 Å². The van der Waals surface area contributed by atoms with Crippen molar-refractivity contribution in [3.8, 4) is 0 Å². The van der Waals surface area contributed by atoms with Crippen molar-refractivity contribution in [3.63, 3.8) is 0 Å². The van der Waals surface area contributed by atoms with Gasteiger partial charge >= 0.3 is 0 Å². The van der Waals surface area contributed by atoms with E-state index in [0.29, 0.717) is 0 Å². The van der Waals surface area contributed by atoms with E-state index >= 15 is 0 Å². The summed E-state index contributed by atoms with van der Waals surface area (Å²) in [5.41, 5.74) is 3.14. The highest BCUT2D eigenvalue weighted by atomic mass is 19.1. The van der Waals surface area contributed by atoms with Gasteiger partial charge in [-0.3, -0.25) is 4.68 Å². The maximum absolute atomic E-state index is 13.2. The van der Waals surface area contributed by atoms with Crippen LogP contribution in [-0.4, -0.2) is 9.78 Å². The number of halogens is 1. The van der Waals surface area contributed by atoms with Crippen LogP contribution in [0.3, 0.4) is 0 Å². The Labute approximate surface area is 113 Å². The summed E-state index contributed by atoms with van der Waals surface area (Å²) in [7, 11) is 0. The summed E-state index contributed by atoms with van der Waals surface area (Å²) in [5, 5.41) is 7.81. The van der Waals surface area contributed by atoms with E-state index in [9.17, 15) is 4.39 Å². The zero-order valence-corrected chi connectivity index (χ0v) is 11.7. The van der Waals surface area contributed by atoms with Gasteiger partial charge in [-0.25, -0.2) is 4.39 Å². The lowest BCUT2D eigenvalue weighted by atomic mass is 10.1. The minimum atomic E-state index is -0.194. The van der Waals surface area contributed by atoms with E-state index in [-0.39, 0.29) is 11.9 Å². The second-order valence-electron chi connectivity index (χ2n) is 4.75. The number of hydrogen-bond acceptors (Lipinski definition) is 2.